The molecular weight excluding hydrogens is 254 g/mol. The predicted octanol–water partition coefficient (Wildman–Crippen LogP) is 2.62. The predicted molar refractivity (Wildman–Crippen MR) is 78.4 cm³/mol. The summed E-state index contributed by atoms with van der Waals surface area (Å²) in [6.07, 6.45) is 1.14. The van der Waals surface area contributed by atoms with Crippen LogP contribution in [0.1, 0.15) is 39.2 Å². The molecule has 0 saturated carbocycles. The molecule has 110 valence electrons. The zero-order chi connectivity index (χ0) is 15.2. The lowest BCUT2D eigenvalue weighted by Gasteiger charge is -2.24. The maximum atomic E-state index is 12.1. The summed E-state index contributed by atoms with van der Waals surface area (Å²) in [6.45, 7) is 5.54. The first kappa shape index (κ1) is 16.2. The van der Waals surface area contributed by atoms with E-state index in [1.165, 1.54) is 0 Å². The zero-order valence-corrected chi connectivity index (χ0v) is 12.3. The van der Waals surface area contributed by atoms with Crippen LogP contribution in [0.5, 0.6) is 0 Å². The summed E-state index contributed by atoms with van der Waals surface area (Å²) < 4.78 is 0. The van der Waals surface area contributed by atoms with Gasteiger partial charge in [-0.2, -0.15) is 0 Å². The molecule has 0 aliphatic rings. The Hall–Kier alpha value is -1.84. The molecular formula is C16H23NO3. The fourth-order valence-corrected chi connectivity index (χ4v) is 1.82. The van der Waals surface area contributed by atoms with Gasteiger partial charge in [-0.05, 0) is 18.4 Å². The fourth-order valence-electron chi connectivity index (χ4n) is 1.82. The van der Waals surface area contributed by atoms with Gasteiger partial charge in [-0.25, -0.2) is 0 Å². The summed E-state index contributed by atoms with van der Waals surface area (Å²) in [7, 11) is 0. The Kier molecular flexibility index (Phi) is 5.74. The van der Waals surface area contributed by atoms with E-state index in [0.717, 1.165) is 5.56 Å². The van der Waals surface area contributed by atoms with Crippen molar-refractivity contribution in [2.45, 2.75) is 46.1 Å². The van der Waals surface area contributed by atoms with Crippen LogP contribution < -0.4 is 5.32 Å². The molecule has 0 heterocycles. The van der Waals surface area contributed by atoms with Crippen LogP contribution in [0, 0.1) is 5.41 Å². The number of carboxylic acids is 1. The smallest absolute Gasteiger partial charge is 0.303 e. The van der Waals surface area contributed by atoms with E-state index in [4.69, 9.17) is 5.11 Å². The third-order valence-electron chi connectivity index (χ3n) is 3.05. The van der Waals surface area contributed by atoms with E-state index in [2.05, 4.69) is 5.32 Å². The molecule has 4 heteroatoms. The summed E-state index contributed by atoms with van der Waals surface area (Å²) in [5, 5.41) is 11.8. The Bertz CT molecular complexity index is 449. The molecule has 0 spiro atoms. The minimum absolute atomic E-state index is 0.0520. The Morgan fingerprint density at radius 2 is 1.80 bits per heavy atom. The molecule has 1 aromatic carbocycles. The van der Waals surface area contributed by atoms with Gasteiger partial charge < -0.3 is 10.4 Å². The van der Waals surface area contributed by atoms with Crippen LogP contribution in [0.25, 0.3) is 0 Å². The molecule has 1 unspecified atom stereocenters. The maximum Gasteiger partial charge on any atom is 0.303 e. The largest absolute Gasteiger partial charge is 0.481 e. The number of rotatable bonds is 6. The van der Waals surface area contributed by atoms with Crippen molar-refractivity contribution in [3.8, 4) is 0 Å². The standard InChI is InChI=1S/C16H23NO3/c1-16(2,3)15(20)17-13(9-10-14(18)19)11-12-7-5-4-6-8-12/h4-8,13H,9-11H2,1-3H3,(H,17,20)(H,18,19). The average molecular weight is 277 g/mol. The van der Waals surface area contributed by atoms with Crippen LogP contribution in [0.4, 0.5) is 0 Å². The van der Waals surface area contributed by atoms with Crippen molar-refractivity contribution < 1.29 is 14.7 Å². The summed E-state index contributed by atoms with van der Waals surface area (Å²) >= 11 is 0. The van der Waals surface area contributed by atoms with Crippen molar-refractivity contribution in [1.82, 2.24) is 5.32 Å². The van der Waals surface area contributed by atoms with Crippen LogP contribution in [-0.4, -0.2) is 23.0 Å². The number of nitrogens with one attached hydrogen (secondary N) is 1. The molecule has 0 aliphatic carbocycles. The fraction of sp³-hybridized carbons (Fsp3) is 0.500. The average Bonchev–Trinajstić information content (AvgIpc) is 2.36. The first-order valence-electron chi connectivity index (χ1n) is 6.85. The Labute approximate surface area is 120 Å². The van der Waals surface area contributed by atoms with Crippen molar-refractivity contribution in [2.24, 2.45) is 5.41 Å². The molecule has 4 nitrogen and oxygen atoms in total. The summed E-state index contributed by atoms with van der Waals surface area (Å²) in [5.74, 6) is -0.892. The third kappa shape index (κ3) is 5.87. The van der Waals surface area contributed by atoms with Gasteiger partial charge >= 0.3 is 5.97 Å². The minimum atomic E-state index is -0.840. The van der Waals surface area contributed by atoms with Gasteiger partial charge in [0.2, 0.25) is 5.91 Å². The molecule has 1 aromatic rings. The molecule has 1 rings (SSSR count). The number of aliphatic carboxylic acids is 1. The molecule has 0 aliphatic heterocycles. The van der Waals surface area contributed by atoms with Crippen molar-refractivity contribution in [1.29, 1.82) is 0 Å². The lowest BCUT2D eigenvalue weighted by Crippen LogP contribution is -2.43. The van der Waals surface area contributed by atoms with Crippen molar-refractivity contribution in [3.05, 3.63) is 35.9 Å². The van der Waals surface area contributed by atoms with E-state index in [9.17, 15) is 9.59 Å². The second kappa shape index (κ2) is 7.08. The number of amides is 1. The molecule has 20 heavy (non-hydrogen) atoms. The van der Waals surface area contributed by atoms with E-state index in [0.29, 0.717) is 12.8 Å². The highest BCUT2D eigenvalue weighted by Gasteiger charge is 2.24. The van der Waals surface area contributed by atoms with Crippen LogP contribution in [0.15, 0.2) is 30.3 Å². The molecule has 0 saturated heterocycles. The number of hydrogen-bond acceptors (Lipinski definition) is 2. The Balaban J connectivity index is 2.70. The highest BCUT2D eigenvalue weighted by atomic mass is 16.4. The normalized spacial score (nSPS) is 12.8. The van der Waals surface area contributed by atoms with Gasteiger partial charge in [0.15, 0.2) is 0 Å². The van der Waals surface area contributed by atoms with Crippen molar-refractivity contribution in [3.63, 3.8) is 0 Å². The molecule has 2 N–H and O–H groups in total. The number of carboxylic acid groups (broad SMARTS) is 1. The maximum absolute atomic E-state index is 12.1. The van der Waals surface area contributed by atoms with Crippen molar-refractivity contribution in [2.75, 3.05) is 0 Å². The van der Waals surface area contributed by atoms with Crippen LogP contribution in [0.2, 0.25) is 0 Å². The van der Waals surface area contributed by atoms with Gasteiger partial charge in [0.05, 0.1) is 0 Å². The van der Waals surface area contributed by atoms with Gasteiger partial charge in [-0.1, -0.05) is 51.1 Å². The SMILES string of the molecule is CC(C)(C)C(=O)NC(CCC(=O)O)Cc1ccccc1. The number of carbonyl (C=O) groups is 2. The van der Waals surface area contributed by atoms with Gasteiger partial charge in [-0.15, -0.1) is 0 Å². The van der Waals surface area contributed by atoms with E-state index >= 15 is 0 Å². The molecule has 1 atom stereocenters. The number of hydrogen-bond donors (Lipinski definition) is 2. The number of benzene rings is 1. The Morgan fingerprint density at radius 3 is 2.30 bits per heavy atom. The van der Waals surface area contributed by atoms with Crippen LogP contribution >= 0.6 is 0 Å². The van der Waals surface area contributed by atoms with Crippen LogP contribution in [0.3, 0.4) is 0 Å². The lowest BCUT2D eigenvalue weighted by atomic mass is 9.93. The zero-order valence-electron chi connectivity index (χ0n) is 12.3. The van der Waals surface area contributed by atoms with E-state index in [1.54, 1.807) is 0 Å². The van der Waals surface area contributed by atoms with Gasteiger partial charge in [-0.3, -0.25) is 9.59 Å². The molecule has 0 bridgehead atoms. The second-order valence-corrected chi connectivity index (χ2v) is 6.04. The number of carbonyl (C=O) groups excluding carboxylic acids is 1. The summed E-state index contributed by atoms with van der Waals surface area (Å²) in [5.41, 5.74) is 0.620. The van der Waals surface area contributed by atoms with Gasteiger partial charge in [0.25, 0.3) is 0 Å². The van der Waals surface area contributed by atoms with Gasteiger partial charge in [0.1, 0.15) is 0 Å². The first-order valence-corrected chi connectivity index (χ1v) is 6.85. The Morgan fingerprint density at radius 1 is 1.20 bits per heavy atom. The minimum Gasteiger partial charge on any atom is -0.481 e. The van der Waals surface area contributed by atoms with Crippen molar-refractivity contribution >= 4 is 11.9 Å². The second-order valence-electron chi connectivity index (χ2n) is 6.04. The third-order valence-corrected chi connectivity index (χ3v) is 3.05. The van der Waals surface area contributed by atoms with E-state index in [1.807, 2.05) is 51.1 Å². The topological polar surface area (TPSA) is 66.4 Å². The molecule has 0 radical (unpaired) electrons. The van der Waals surface area contributed by atoms with E-state index in [-0.39, 0.29) is 18.4 Å². The highest BCUT2D eigenvalue weighted by molar-refractivity contribution is 5.81. The van der Waals surface area contributed by atoms with E-state index < -0.39 is 11.4 Å². The highest BCUT2D eigenvalue weighted by Crippen LogP contribution is 2.15. The van der Waals surface area contributed by atoms with Crippen LogP contribution in [-0.2, 0) is 16.0 Å². The lowest BCUT2D eigenvalue weighted by molar-refractivity contribution is -0.137. The van der Waals surface area contributed by atoms with Gasteiger partial charge in [0, 0.05) is 17.9 Å². The summed E-state index contributed by atoms with van der Waals surface area (Å²) in [4.78, 5) is 22.8. The summed E-state index contributed by atoms with van der Waals surface area (Å²) in [6, 6.07) is 9.63. The first-order chi connectivity index (χ1) is 9.29. The molecule has 0 aromatic heterocycles. The monoisotopic (exact) mass is 277 g/mol. The molecule has 1 amide bonds. The molecule has 0 fully saturated rings. The quantitative estimate of drug-likeness (QED) is 0.840.